The van der Waals surface area contributed by atoms with Crippen LogP contribution in [0.5, 0.6) is 0 Å². The lowest BCUT2D eigenvalue weighted by molar-refractivity contribution is 0.158. The summed E-state index contributed by atoms with van der Waals surface area (Å²) in [4.78, 5) is 2.55. The van der Waals surface area contributed by atoms with Crippen LogP contribution in [0.25, 0.3) is 0 Å². The monoisotopic (exact) mass is 254 g/mol. The van der Waals surface area contributed by atoms with Gasteiger partial charge in [-0.2, -0.15) is 0 Å². The van der Waals surface area contributed by atoms with Gasteiger partial charge in [-0.25, -0.2) is 0 Å². The van der Waals surface area contributed by atoms with E-state index in [1.165, 1.54) is 38.8 Å². The van der Waals surface area contributed by atoms with Crippen molar-refractivity contribution in [3.63, 3.8) is 0 Å². The van der Waals surface area contributed by atoms with Crippen molar-refractivity contribution in [1.29, 1.82) is 0 Å². The Hall–Kier alpha value is -0.0800. The average molecular weight is 254 g/mol. The van der Waals surface area contributed by atoms with Crippen LogP contribution >= 0.6 is 0 Å². The first-order chi connectivity index (χ1) is 8.24. The summed E-state index contributed by atoms with van der Waals surface area (Å²) in [5, 5.41) is 3.69. The fourth-order valence-corrected chi connectivity index (χ4v) is 2.76. The Kier molecular flexibility index (Phi) is 5.67. The van der Waals surface area contributed by atoms with Gasteiger partial charge < -0.3 is 10.2 Å². The van der Waals surface area contributed by atoms with Crippen LogP contribution < -0.4 is 5.32 Å². The molecule has 0 aromatic rings. The van der Waals surface area contributed by atoms with Crippen LogP contribution in [0.1, 0.15) is 60.3 Å². The maximum atomic E-state index is 3.69. The van der Waals surface area contributed by atoms with Crippen LogP contribution in [0.4, 0.5) is 0 Å². The summed E-state index contributed by atoms with van der Waals surface area (Å²) in [5.41, 5.74) is 0.635. The summed E-state index contributed by atoms with van der Waals surface area (Å²) in [6.45, 7) is 15.2. The van der Waals surface area contributed by atoms with Crippen LogP contribution in [0.15, 0.2) is 0 Å². The molecule has 1 rings (SSSR count). The van der Waals surface area contributed by atoms with E-state index in [0.717, 1.165) is 12.5 Å². The minimum atomic E-state index is 0.226. The quantitative estimate of drug-likeness (QED) is 0.713. The Labute approximate surface area is 115 Å². The van der Waals surface area contributed by atoms with Gasteiger partial charge in [0, 0.05) is 25.2 Å². The van der Waals surface area contributed by atoms with Gasteiger partial charge in [-0.05, 0) is 58.4 Å². The Morgan fingerprint density at radius 1 is 1.17 bits per heavy atom. The van der Waals surface area contributed by atoms with Crippen molar-refractivity contribution in [2.24, 2.45) is 11.3 Å². The van der Waals surface area contributed by atoms with E-state index < -0.39 is 0 Å². The summed E-state index contributed by atoms with van der Waals surface area (Å²) in [6.07, 6.45) is 5.49. The molecule has 2 heteroatoms. The number of nitrogens with one attached hydrogen (secondary N) is 1. The van der Waals surface area contributed by atoms with Gasteiger partial charge in [-0.15, -0.1) is 0 Å². The van der Waals surface area contributed by atoms with E-state index in [4.69, 9.17) is 0 Å². The van der Waals surface area contributed by atoms with Crippen molar-refractivity contribution in [3.05, 3.63) is 0 Å². The molecule has 1 saturated carbocycles. The molecule has 2 nitrogen and oxygen atoms in total. The Balaban J connectivity index is 2.43. The molecule has 0 aromatic heterocycles. The molecule has 0 amide bonds. The third kappa shape index (κ3) is 6.75. The fraction of sp³-hybridized carbons (Fsp3) is 1.00. The largest absolute Gasteiger partial charge is 0.311 e. The maximum absolute atomic E-state index is 3.69. The molecular weight excluding hydrogens is 220 g/mol. The molecular formula is C16H34N2. The second-order valence-electron chi connectivity index (χ2n) is 7.80. The molecule has 18 heavy (non-hydrogen) atoms. The predicted molar refractivity (Wildman–Crippen MR) is 81.0 cm³/mol. The summed E-state index contributed by atoms with van der Waals surface area (Å²) < 4.78 is 0. The van der Waals surface area contributed by atoms with Gasteiger partial charge in [0.2, 0.25) is 0 Å². The van der Waals surface area contributed by atoms with Crippen molar-refractivity contribution < 1.29 is 0 Å². The van der Waals surface area contributed by atoms with Gasteiger partial charge >= 0.3 is 0 Å². The predicted octanol–water partition coefficient (Wildman–Crippen LogP) is 3.52. The minimum absolute atomic E-state index is 0.226. The van der Waals surface area contributed by atoms with E-state index in [9.17, 15) is 0 Å². The van der Waals surface area contributed by atoms with Gasteiger partial charge in [0.25, 0.3) is 0 Å². The zero-order chi connectivity index (χ0) is 13.8. The Morgan fingerprint density at radius 2 is 1.78 bits per heavy atom. The zero-order valence-electron chi connectivity index (χ0n) is 13.5. The molecule has 1 atom stereocenters. The van der Waals surface area contributed by atoms with Crippen LogP contribution in [-0.4, -0.2) is 37.1 Å². The number of rotatable bonds is 8. The van der Waals surface area contributed by atoms with Crippen molar-refractivity contribution in [3.8, 4) is 0 Å². The molecule has 0 radical (unpaired) electrons. The SMILES string of the molecule is CCCC(C)(CNC(C)(C)C)CN(C)CC1CC1. The van der Waals surface area contributed by atoms with Crippen LogP contribution in [0.2, 0.25) is 0 Å². The lowest BCUT2D eigenvalue weighted by atomic mass is 9.84. The molecule has 1 aliphatic carbocycles. The molecule has 0 bridgehead atoms. The van der Waals surface area contributed by atoms with E-state index in [1.54, 1.807) is 0 Å². The molecule has 1 fully saturated rings. The highest BCUT2D eigenvalue weighted by Gasteiger charge is 2.29. The maximum Gasteiger partial charge on any atom is 0.00967 e. The summed E-state index contributed by atoms with van der Waals surface area (Å²) >= 11 is 0. The fourth-order valence-electron chi connectivity index (χ4n) is 2.76. The van der Waals surface area contributed by atoms with Gasteiger partial charge in [-0.3, -0.25) is 0 Å². The highest BCUT2D eigenvalue weighted by Crippen LogP contribution is 2.31. The van der Waals surface area contributed by atoms with Crippen molar-refractivity contribution in [2.45, 2.75) is 65.8 Å². The molecule has 108 valence electrons. The first kappa shape index (κ1) is 16.0. The minimum Gasteiger partial charge on any atom is -0.311 e. The molecule has 1 unspecified atom stereocenters. The summed E-state index contributed by atoms with van der Waals surface area (Å²) in [5.74, 6) is 0.997. The van der Waals surface area contributed by atoms with Gasteiger partial charge in [0.15, 0.2) is 0 Å². The van der Waals surface area contributed by atoms with E-state index in [2.05, 4.69) is 51.9 Å². The number of hydrogen-bond donors (Lipinski definition) is 1. The first-order valence-corrected chi connectivity index (χ1v) is 7.68. The molecule has 0 spiro atoms. The Bertz CT molecular complexity index is 240. The first-order valence-electron chi connectivity index (χ1n) is 7.68. The van der Waals surface area contributed by atoms with Crippen molar-refractivity contribution in [2.75, 3.05) is 26.7 Å². The summed E-state index contributed by atoms with van der Waals surface area (Å²) in [7, 11) is 2.29. The number of nitrogens with zero attached hydrogens (tertiary/aromatic N) is 1. The molecule has 1 N–H and O–H groups in total. The second-order valence-corrected chi connectivity index (χ2v) is 7.80. The van der Waals surface area contributed by atoms with E-state index in [-0.39, 0.29) is 5.54 Å². The zero-order valence-corrected chi connectivity index (χ0v) is 13.5. The molecule has 1 aliphatic rings. The molecule has 0 aliphatic heterocycles. The lowest BCUT2D eigenvalue weighted by Gasteiger charge is -2.37. The van der Waals surface area contributed by atoms with Gasteiger partial charge in [0.05, 0.1) is 0 Å². The molecule has 0 heterocycles. The van der Waals surface area contributed by atoms with E-state index in [1.807, 2.05) is 0 Å². The highest BCUT2D eigenvalue weighted by molar-refractivity contribution is 4.85. The van der Waals surface area contributed by atoms with Crippen LogP contribution in [0.3, 0.4) is 0 Å². The van der Waals surface area contributed by atoms with Crippen molar-refractivity contribution >= 4 is 0 Å². The smallest absolute Gasteiger partial charge is 0.00967 e. The van der Waals surface area contributed by atoms with Gasteiger partial charge in [0.1, 0.15) is 0 Å². The van der Waals surface area contributed by atoms with Crippen LogP contribution in [0, 0.1) is 11.3 Å². The molecule has 0 aromatic carbocycles. The van der Waals surface area contributed by atoms with Gasteiger partial charge in [-0.1, -0.05) is 20.3 Å². The summed E-state index contributed by atoms with van der Waals surface area (Å²) in [6, 6.07) is 0. The topological polar surface area (TPSA) is 15.3 Å². The molecule has 0 saturated heterocycles. The van der Waals surface area contributed by atoms with Crippen molar-refractivity contribution in [1.82, 2.24) is 10.2 Å². The number of hydrogen-bond acceptors (Lipinski definition) is 2. The second kappa shape index (κ2) is 6.38. The Morgan fingerprint density at radius 3 is 2.22 bits per heavy atom. The standard InChI is InChI=1S/C16H34N2/c1-7-10-16(5,12-17-15(2,3)4)13-18(6)11-14-8-9-14/h14,17H,7-13H2,1-6H3. The van der Waals surface area contributed by atoms with E-state index in [0.29, 0.717) is 5.41 Å². The normalized spacial score (nSPS) is 20.2. The third-order valence-electron chi connectivity index (χ3n) is 3.82. The average Bonchev–Trinajstić information content (AvgIpc) is 2.98. The van der Waals surface area contributed by atoms with E-state index >= 15 is 0 Å². The third-order valence-corrected chi connectivity index (χ3v) is 3.82. The highest BCUT2D eigenvalue weighted by atomic mass is 15.1. The lowest BCUT2D eigenvalue weighted by Crippen LogP contribution is -2.47. The van der Waals surface area contributed by atoms with Crippen LogP contribution in [-0.2, 0) is 0 Å².